The molecule has 0 bridgehead atoms. The van der Waals surface area contributed by atoms with E-state index in [1.165, 1.54) is 6.26 Å². The first-order valence-electron chi connectivity index (χ1n) is 13.4. The van der Waals surface area contributed by atoms with E-state index in [4.69, 9.17) is 0 Å². The molecule has 0 rings (SSSR count). The lowest BCUT2D eigenvalue weighted by atomic mass is 9.90. The molecule has 0 aliphatic rings. The summed E-state index contributed by atoms with van der Waals surface area (Å²) in [5, 5.41) is 0. The van der Waals surface area contributed by atoms with Gasteiger partial charge in [-0.3, -0.25) is 19.2 Å². The average molecular weight is 596 g/mol. The molecule has 0 aliphatic carbocycles. The van der Waals surface area contributed by atoms with E-state index in [1.54, 1.807) is 53.6 Å². The van der Waals surface area contributed by atoms with Crippen molar-refractivity contribution in [3.05, 3.63) is 0 Å². The molecule has 0 aromatic carbocycles. The number of nitrogens with zero attached hydrogens (tertiary/aromatic N) is 1. The predicted molar refractivity (Wildman–Crippen MR) is 175 cm³/mol. The number of hydrogen-bond donors (Lipinski definition) is 0. The number of rotatable bonds is 1. The Morgan fingerprint density at radius 3 is 0.775 bits per heavy atom. The van der Waals surface area contributed by atoms with Gasteiger partial charge in [0.2, 0.25) is 5.91 Å². The van der Waals surface area contributed by atoms with E-state index in [0.29, 0.717) is 12.2 Å². The van der Waals surface area contributed by atoms with Crippen molar-refractivity contribution in [2.24, 2.45) is 21.7 Å². The number of Topliss-reactive ketones (excluding diaryl/α,β-unsaturated/α-hetero) is 3. The van der Waals surface area contributed by atoms with Crippen LogP contribution < -0.4 is 0 Å². The molecule has 0 aliphatic heterocycles. The molecule has 0 atom stereocenters. The van der Waals surface area contributed by atoms with Crippen LogP contribution in [0.5, 0.6) is 0 Å². The van der Waals surface area contributed by atoms with Gasteiger partial charge < -0.3 is 4.90 Å². The maximum Gasteiger partial charge on any atom is 0.227 e. The highest BCUT2D eigenvalue weighted by Gasteiger charge is 2.23. The van der Waals surface area contributed by atoms with Crippen molar-refractivity contribution in [3.63, 3.8) is 0 Å². The number of hydrogen-bond acceptors (Lipinski definition) is 6. The highest BCUT2D eigenvalue weighted by molar-refractivity contribution is 7.92. The van der Waals surface area contributed by atoms with Crippen LogP contribution in [0, 0.1) is 21.7 Å². The SMILES string of the molecule is C.CC(=O)C(C)(C)C.CC(=O)C(C)(C)C.CC(C)(C)S(C)(=O)=O.CCC(=O)C(C)(C)C.CN(C)C(=O)C(C)(C)C. The van der Waals surface area contributed by atoms with Crippen molar-refractivity contribution in [2.45, 2.75) is 143 Å². The van der Waals surface area contributed by atoms with E-state index in [-0.39, 0.29) is 46.6 Å². The van der Waals surface area contributed by atoms with Crippen LogP contribution in [0.25, 0.3) is 0 Å². The van der Waals surface area contributed by atoms with Crippen LogP contribution >= 0.6 is 0 Å². The largest absolute Gasteiger partial charge is 0.348 e. The van der Waals surface area contributed by atoms with Gasteiger partial charge in [-0.2, -0.15) is 0 Å². The minimum Gasteiger partial charge on any atom is -0.348 e. The van der Waals surface area contributed by atoms with Crippen molar-refractivity contribution in [2.75, 3.05) is 20.4 Å². The second kappa shape index (κ2) is 19.5. The van der Waals surface area contributed by atoms with Gasteiger partial charge in [0.05, 0.1) is 4.75 Å². The average Bonchev–Trinajstić information content (AvgIpc) is 2.64. The highest BCUT2D eigenvalue weighted by Crippen LogP contribution is 2.16. The van der Waals surface area contributed by atoms with E-state index in [2.05, 4.69) is 0 Å². The van der Waals surface area contributed by atoms with Gasteiger partial charge >= 0.3 is 0 Å². The quantitative estimate of drug-likeness (QED) is 0.306. The molecule has 0 saturated carbocycles. The molecule has 40 heavy (non-hydrogen) atoms. The molecule has 8 heteroatoms. The fourth-order valence-electron chi connectivity index (χ4n) is 1.20. The Kier molecular flexibility index (Phi) is 25.0. The molecule has 0 aromatic heterocycles. The lowest BCUT2D eigenvalue weighted by Crippen LogP contribution is -2.33. The molecule has 7 nitrogen and oxygen atoms in total. The third-order valence-electron chi connectivity index (χ3n) is 5.43. The highest BCUT2D eigenvalue weighted by atomic mass is 32.2. The molecular formula is C32H69NO6S. The minimum absolute atomic E-state index is 0. The molecule has 0 unspecified atom stereocenters. The van der Waals surface area contributed by atoms with Gasteiger partial charge in [-0.1, -0.05) is 97.4 Å². The van der Waals surface area contributed by atoms with Crippen LogP contribution in [0.4, 0.5) is 0 Å². The topological polar surface area (TPSA) is 106 Å². The summed E-state index contributed by atoms with van der Waals surface area (Å²) in [6, 6.07) is 0. The third-order valence-corrected chi connectivity index (χ3v) is 7.65. The first kappa shape index (κ1) is 51.2. The number of carbonyl (C=O) groups is 4. The van der Waals surface area contributed by atoms with Gasteiger partial charge in [-0.25, -0.2) is 8.42 Å². The predicted octanol–water partition coefficient (Wildman–Crippen LogP) is 7.84. The van der Waals surface area contributed by atoms with Gasteiger partial charge in [0.1, 0.15) is 17.3 Å². The fourth-order valence-corrected chi connectivity index (χ4v) is 1.20. The van der Waals surface area contributed by atoms with Crippen molar-refractivity contribution in [1.82, 2.24) is 4.90 Å². The Balaban J connectivity index is -0.0000000900. The minimum atomic E-state index is -2.84. The normalized spacial score (nSPS) is 11.6. The first-order valence-corrected chi connectivity index (χ1v) is 15.3. The number of carbonyl (C=O) groups excluding carboxylic acids is 4. The lowest BCUT2D eigenvalue weighted by Gasteiger charge is -2.21. The van der Waals surface area contributed by atoms with Gasteiger partial charge in [0.15, 0.2) is 9.84 Å². The molecule has 0 N–H and O–H groups in total. The number of amides is 1. The molecule has 1 amide bonds. The fraction of sp³-hybridized carbons (Fsp3) is 0.875. The molecular weight excluding hydrogens is 526 g/mol. The van der Waals surface area contributed by atoms with Crippen LogP contribution in [0.3, 0.4) is 0 Å². The summed E-state index contributed by atoms with van der Waals surface area (Å²) >= 11 is 0. The number of ketones is 3. The van der Waals surface area contributed by atoms with Gasteiger partial charge in [-0.15, -0.1) is 0 Å². The maximum atomic E-state index is 11.1. The van der Waals surface area contributed by atoms with E-state index in [0.717, 1.165) is 0 Å². The summed E-state index contributed by atoms with van der Waals surface area (Å²) < 4.78 is 20.7. The molecule has 0 heterocycles. The van der Waals surface area contributed by atoms with E-state index in [1.807, 2.05) is 90.0 Å². The standard InChI is InChI=1S/C7H15NO.C7H14O.2C6H12O.C5H12O2S.CH4/c1-7(2,3)6(9)8(4)5;1-5-6(8)7(2,3)4;2*1-5(7)6(2,3)4;1-5(2,3)8(4,6)7;/h1-5H3;5H2,1-4H3;2*1-4H3;1-4H3;1H4. The second-order valence-corrected chi connectivity index (χ2v) is 17.7. The Hall–Kier alpha value is -1.57. The lowest BCUT2D eigenvalue weighted by molar-refractivity contribution is -0.136. The smallest absolute Gasteiger partial charge is 0.227 e. The molecule has 244 valence electrons. The Bertz CT molecular complexity index is 826. The van der Waals surface area contributed by atoms with Crippen molar-refractivity contribution >= 4 is 33.1 Å². The second-order valence-electron chi connectivity index (χ2n) is 15.0. The van der Waals surface area contributed by atoms with E-state index < -0.39 is 14.6 Å². The van der Waals surface area contributed by atoms with Crippen molar-refractivity contribution in [1.29, 1.82) is 0 Å². The zero-order chi connectivity index (χ0) is 33.6. The summed E-state index contributed by atoms with van der Waals surface area (Å²) in [4.78, 5) is 44.5. The first-order chi connectivity index (χ1) is 16.5. The maximum absolute atomic E-state index is 11.1. The Labute approximate surface area is 250 Å². The summed E-state index contributed by atoms with van der Waals surface area (Å²) in [5.74, 6) is 0.986. The van der Waals surface area contributed by atoms with Gasteiger partial charge in [0, 0.05) is 48.4 Å². The molecule has 0 aromatic rings. The zero-order valence-corrected chi connectivity index (χ0v) is 30.3. The number of sulfone groups is 1. The monoisotopic (exact) mass is 595 g/mol. The van der Waals surface area contributed by atoms with Crippen molar-refractivity contribution < 1.29 is 27.6 Å². The zero-order valence-electron chi connectivity index (χ0n) is 29.5. The molecule has 0 spiro atoms. The molecule has 0 saturated heterocycles. The Morgan fingerprint density at radius 2 is 0.775 bits per heavy atom. The summed E-state index contributed by atoms with van der Waals surface area (Å²) in [6.07, 6.45) is 1.90. The summed E-state index contributed by atoms with van der Waals surface area (Å²) in [5.41, 5.74) is -0.641. The van der Waals surface area contributed by atoms with Crippen LogP contribution in [0.1, 0.15) is 138 Å². The van der Waals surface area contributed by atoms with Crippen molar-refractivity contribution in [3.8, 4) is 0 Å². The van der Waals surface area contributed by atoms with Crippen LogP contribution in [-0.4, -0.2) is 61.7 Å². The van der Waals surface area contributed by atoms with E-state index in [9.17, 15) is 27.6 Å². The van der Waals surface area contributed by atoms with Crippen LogP contribution in [0.2, 0.25) is 0 Å². The van der Waals surface area contributed by atoms with Gasteiger partial charge in [-0.05, 0) is 34.6 Å². The van der Waals surface area contributed by atoms with Crippen LogP contribution in [-0.2, 0) is 29.0 Å². The van der Waals surface area contributed by atoms with E-state index >= 15 is 0 Å². The summed E-state index contributed by atoms with van der Waals surface area (Å²) in [7, 11) is 0.703. The summed E-state index contributed by atoms with van der Waals surface area (Å²) in [6.45, 7) is 33.2. The van der Waals surface area contributed by atoms with Gasteiger partial charge in [0.25, 0.3) is 0 Å². The van der Waals surface area contributed by atoms with Crippen LogP contribution in [0.15, 0.2) is 0 Å². The Morgan fingerprint density at radius 1 is 0.575 bits per heavy atom. The molecule has 0 fully saturated rings. The molecule has 0 radical (unpaired) electrons. The third kappa shape index (κ3) is 32.6.